The number of ether oxygens (including phenoxy) is 1. The van der Waals surface area contributed by atoms with E-state index in [1.54, 1.807) is 6.07 Å². The Morgan fingerprint density at radius 3 is 2.69 bits per heavy atom. The lowest BCUT2D eigenvalue weighted by molar-refractivity contribution is 0.0143. The maximum Gasteiger partial charge on any atom is 0.0931 e. The Balaban J connectivity index is 1.96. The molecular formula is C12H16ClNO2. The zero-order valence-electron chi connectivity index (χ0n) is 9.10. The van der Waals surface area contributed by atoms with Crippen molar-refractivity contribution >= 4 is 11.6 Å². The number of benzene rings is 1. The van der Waals surface area contributed by atoms with Crippen molar-refractivity contribution in [1.29, 1.82) is 0 Å². The number of nitrogens with zero attached hydrogens (tertiary/aromatic N) is 1. The molecule has 0 aromatic heterocycles. The monoisotopic (exact) mass is 241 g/mol. The summed E-state index contributed by atoms with van der Waals surface area (Å²) in [5.41, 5.74) is 0.802. The molecule has 2 rings (SSSR count). The second-order valence-electron chi connectivity index (χ2n) is 3.95. The SMILES string of the molecule is O[C@@H](CN1CCOCC1)c1ccccc1Cl. The lowest BCUT2D eigenvalue weighted by atomic mass is 10.1. The summed E-state index contributed by atoms with van der Waals surface area (Å²) in [6.07, 6.45) is -0.521. The fourth-order valence-corrected chi connectivity index (χ4v) is 2.13. The fourth-order valence-electron chi connectivity index (χ4n) is 1.87. The summed E-state index contributed by atoms with van der Waals surface area (Å²) in [5, 5.41) is 10.7. The van der Waals surface area contributed by atoms with Gasteiger partial charge in [-0.2, -0.15) is 0 Å². The zero-order valence-corrected chi connectivity index (χ0v) is 9.86. The van der Waals surface area contributed by atoms with Gasteiger partial charge in [0.15, 0.2) is 0 Å². The molecule has 1 saturated heterocycles. The molecule has 1 fully saturated rings. The maximum absolute atomic E-state index is 10.1. The van der Waals surface area contributed by atoms with E-state index in [1.807, 2.05) is 18.2 Å². The van der Waals surface area contributed by atoms with Crippen molar-refractivity contribution in [2.45, 2.75) is 6.10 Å². The Bertz CT molecular complexity index is 340. The molecule has 0 bridgehead atoms. The normalized spacial score (nSPS) is 19.6. The van der Waals surface area contributed by atoms with Gasteiger partial charge in [-0.3, -0.25) is 4.90 Å². The lowest BCUT2D eigenvalue weighted by Gasteiger charge is -2.28. The highest BCUT2D eigenvalue weighted by atomic mass is 35.5. The van der Waals surface area contributed by atoms with E-state index in [1.165, 1.54) is 0 Å². The third kappa shape index (κ3) is 2.95. The molecule has 0 unspecified atom stereocenters. The van der Waals surface area contributed by atoms with Gasteiger partial charge in [0, 0.05) is 30.2 Å². The van der Waals surface area contributed by atoms with Crippen molar-refractivity contribution < 1.29 is 9.84 Å². The lowest BCUT2D eigenvalue weighted by Crippen LogP contribution is -2.38. The molecule has 0 aliphatic carbocycles. The van der Waals surface area contributed by atoms with Crippen LogP contribution in [0.5, 0.6) is 0 Å². The van der Waals surface area contributed by atoms with Crippen LogP contribution in [0.1, 0.15) is 11.7 Å². The Morgan fingerprint density at radius 1 is 1.31 bits per heavy atom. The second-order valence-corrected chi connectivity index (χ2v) is 4.36. The number of hydrogen-bond donors (Lipinski definition) is 1. The first kappa shape index (κ1) is 11.9. The Morgan fingerprint density at radius 2 is 2.00 bits per heavy atom. The van der Waals surface area contributed by atoms with E-state index in [-0.39, 0.29) is 0 Å². The first-order chi connectivity index (χ1) is 7.77. The predicted molar refractivity (Wildman–Crippen MR) is 63.7 cm³/mol. The number of hydrogen-bond acceptors (Lipinski definition) is 3. The number of aliphatic hydroxyl groups excluding tert-OH is 1. The third-order valence-corrected chi connectivity index (χ3v) is 3.14. The highest BCUT2D eigenvalue weighted by Crippen LogP contribution is 2.23. The van der Waals surface area contributed by atoms with Gasteiger partial charge in [0.25, 0.3) is 0 Å². The molecule has 4 heteroatoms. The van der Waals surface area contributed by atoms with Crippen molar-refractivity contribution in [2.24, 2.45) is 0 Å². The van der Waals surface area contributed by atoms with Gasteiger partial charge in [0.2, 0.25) is 0 Å². The molecule has 0 spiro atoms. The average molecular weight is 242 g/mol. The topological polar surface area (TPSA) is 32.7 Å². The molecule has 1 N–H and O–H groups in total. The van der Waals surface area contributed by atoms with E-state index >= 15 is 0 Å². The molecule has 0 saturated carbocycles. The second kappa shape index (κ2) is 5.64. The molecule has 88 valence electrons. The molecule has 3 nitrogen and oxygen atoms in total. The van der Waals surface area contributed by atoms with Crippen LogP contribution < -0.4 is 0 Å². The van der Waals surface area contributed by atoms with Gasteiger partial charge in [-0.15, -0.1) is 0 Å². The van der Waals surface area contributed by atoms with Gasteiger partial charge in [-0.25, -0.2) is 0 Å². The number of morpholine rings is 1. The van der Waals surface area contributed by atoms with Gasteiger partial charge in [0.05, 0.1) is 19.3 Å². The van der Waals surface area contributed by atoms with Gasteiger partial charge in [-0.05, 0) is 6.07 Å². The van der Waals surface area contributed by atoms with Crippen LogP contribution in [0.2, 0.25) is 5.02 Å². The van der Waals surface area contributed by atoms with Crippen LogP contribution in [0.3, 0.4) is 0 Å². The highest BCUT2D eigenvalue weighted by molar-refractivity contribution is 6.31. The number of β-amino-alcohol motifs (C(OH)–C–C–N with tert-alkyl or cyclic N) is 1. The van der Waals surface area contributed by atoms with Crippen molar-refractivity contribution in [1.82, 2.24) is 4.90 Å². The minimum atomic E-state index is -0.521. The highest BCUT2D eigenvalue weighted by Gasteiger charge is 2.17. The summed E-state index contributed by atoms with van der Waals surface area (Å²) < 4.78 is 5.26. The molecule has 1 aromatic carbocycles. The van der Waals surface area contributed by atoms with E-state index in [0.29, 0.717) is 11.6 Å². The number of rotatable bonds is 3. The van der Waals surface area contributed by atoms with Gasteiger partial charge in [-0.1, -0.05) is 29.8 Å². The Labute approximate surface area is 101 Å². The molecule has 16 heavy (non-hydrogen) atoms. The third-order valence-electron chi connectivity index (χ3n) is 2.80. The van der Waals surface area contributed by atoms with Crippen molar-refractivity contribution in [3.05, 3.63) is 34.9 Å². The first-order valence-corrected chi connectivity index (χ1v) is 5.88. The van der Waals surface area contributed by atoms with E-state index < -0.39 is 6.10 Å². The minimum absolute atomic E-state index is 0.521. The van der Waals surface area contributed by atoms with Gasteiger partial charge in [0.1, 0.15) is 0 Å². The largest absolute Gasteiger partial charge is 0.387 e. The molecule has 1 aliphatic heterocycles. The Kier molecular flexibility index (Phi) is 4.18. The van der Waals surface area contributed by atoms with Crippen molar-refractivity contribution in [2.75, 3.05) is 32.8 Å². The smallest absolute Gasteiger partial charge is 0.0931 e. The Hall–Kier alpha value is -0.610. The van der Waals surface area contributed by atoms with Crippen LogP contribution in [0, 0.1) is 0 Å². The molecule has 1 aromatic rings. The molecular weight excluding hydrogens is 226 g/mol. The van der Waals surface area contributed by atoms with E-state index in [9.17, 15) is 5.11 Å². The van der Waals surface area contributed by atoms with Crippen LogP contribution in [-0.2, 0) is 4.74 Å². The number of aliphatic hydroxyl groups is 1. The summed E-state index contributed by atoms with van der Waals surface area (Å²) >= 11 is 6.03. The van der Waals surface area contributed by atoms with Crippen LogP contribution >= 0.6 is 11.6 Å². The van der Waals surface area contributed by atoms with Crippen LogP contribution in [0.25, 0.3) is 0 Å². The summed E-state index contributed by atoms with van der Waals surface area (Å²) in [6, 6.07) is 7.43. The van der Waals surface area contributed by atoms with E-state index in [4.69, 9.17) is 16.3 Å². The van der Waals surface area contributed by atoms with Crippen LogP contribution in [-0.4, -0.2) is 42.9 Å². The molecule has 1 heterocycles. The average Bonchev–Trinajstić information content (AvgIpc) is 2.31. The zero-order chi connectivity index (χ0) is 11.4. The van der Waals surface area contributed by atoms with Crippen molar-refractivity contribution in [3.63, 3.8) is 0 Å². The minimum Gasteiger partial charge on any atom is -0.387 e. The maximum atomic E-state index is 10.1. The molecule has 0 amide bonds. The van der Waals surface area contributed by atoms with Crippen molar-refractivity contribution in [3.8, 4) is 0 Å². The predicted octanol–water partition coefficient (Wildman–Crippen LogP) is 1.71. The fraction of sp³-hybridized carbons (Fsp3) is 0.500. The van der Waals surface area contributed by atoms with Gasteiger partial charge >= 0.3 is 0 Å². The van der Waals surface area contributed by atoms with Crippen LogP contribution in [0.15, 0.2) is 24.3 Å². The summed E-state index contributed by atoms with van der Waals surface area (Å²) in [5.74, 6) is 0. The summed E-state index contributed by atoms with van der Waals surface area (Å²) in [6.45, 7) is 3.86. The molecule has 1 aliphatic rings. The van der Waals surface area contributed by atoms with Gasteiger partial charge < -0.3 is 9.84 Å². The summed E-state index contributed by atoms with van der Waals surface area (Å²) in [4.78, 5) is 2.19. The van der Waals surface area contributed by atoms with Crippen LogP contribution in [0.4, 0.5) is 0 Å². The number of halogens is 1. The van der Waals surface area contributed by atoms with E-state index in [0.717, 1.165) is 31.9 Å². The quantitative estimate of drug-likeness (QED) is 0.875. The summed E-state index contributed by atoms with van der Waals surface area (Å²) in [7, 11) is 0. The standard InChI is InChI=1S/C12H16ClNO2/c13-11-4-2-1-3-10(11)12(15)9-14-5-7-16-8-6-14/h1-4,12,15H,5-9H2/t12-/m0/s1. The molecule has 0 radical (unpaired) electrons. The van der Waals surface area contributed by atoms with E-state index in [2.05, 4.69) is 4.90 Å². The molecule has 1 atom stereocenters. The first-order valence-electron chi connectivity index (χ1n) is 5.50.